The summed E-state index contributed by atoms with van der Waals surface area (Å²) >= 11 is 1.65. The van der Waals surface area contributed by atoms with Crippen LogP contribution in [0.1, 0.15) is 0 Å². The van der Waals surface area contributed by atoms with Gasteiger partial charge in [0.1, 0.15) is 0 Å². The number of methoxy groups -OCH3 is 1. The maximum absolute atomic E-state index is 4.78. The van der Waals surface area contributed by atoms with Gasteiger partial charge >= 0.3 is 0 Å². The second kappa shape index (κ2) is 2.12. The first-order valence-corrected chi connectivity index (χ1v) is 3.01. The maximum Gasteiger partial charge on any atom is 0.215 e. The highest BCUT2D eigenvalue weighted by Gasteiger charge is 2.02. The molecule has 1 heterocycles. The van der Waals surface area contributed by atoms with Crippen molar-refractivity contribution in [1.82, 2.24) is 5.32 Å². The number of nitrogens with zero attached hydrogens (tertiary/aromatic N) is 1. The van der Waals surface area contributed by atoms with E-state index in [0.29, 0.717) is 0 Å². The van der Waals surface area contributed by atoms with E-state index >= 15 is 0 Å². The van der Waals surface area contributed by atoms with E-state index in [1.807, 2.05) is 5.41 Å². The Bertz CT molecular complexity index is 91.7. The van der Waals surface area contributed by atoms with Gasteiger partial charge in [-0.15, -0.1) is 11.8 Å². The molecule has 0 spiro atoms. The lowest BCUT2D eigenvalue weighted by Gasteiger charge is -1.93. The van der Waals surface area contributed by atoms with Gasteiger partial charge in [-0.2, -0.15) is 0 Å². The van der Waals surface area contributed by atoms with Crippen LogP contribution in [0, 0.1) is 0 Å². The number of rotatable bonds is 1. The molecule has 1 aliphatic heterocycles. The van der Waals surface area contributed by atoms with E-state index in [-0.39, 0.29) is 0 Å². The van der Waals surface area contributed by atoms with Crippen LogP contribution in [0.3, 0.4) is 0 Å². The standard InChI is InChI=1S/C4H6NOS/c1-6-4-2-7-3-5-4/h2H,3H2,1H3. The molecule has 7 heavy (non-hydrogen) atoms. The average molecular weight is 116 g/mol. The van der Waals surface area contributed by atoms with Gasteiger partial charge in [-0.3, -0.25) is 0 Å². The van der Waals surface area contributed by atoms with E-state index in [4.69, 9.17) is 4.74 Å². The highest BCUT2D eigenvalue weighted by Crippen LogP contribution is 2.13. The zero-order valence-corrected chi connectivity index (χ0v) is 4.86. The third-order valence-corrected chi connectivity index (χ3v) is 1.33. The molecule has 0 atom stereocenters. The van der Waals surface area contributed by atoms with Crippen molar-refractivity contribution < 1.29 is 4.74 Å². The van der Waals surface area contributed by atoms with Crippen molar-refractivity contribution in [3.63, 3.8) is 0 Å². The van der Waals surface area contributed by atoms with Gasteiger partial charge in [-0.25, -0.2) is 5.32 Å². The van der Waals surface area contributed by atoms with Gasteiger partial charge in [0.2, 0.25) is 5.88 Å². The van der Waals surface area contributed by atoms with Crippen LogP contribution >= 0.6 is 11.8 Å². The van der Waals surface area contributed by atoms with Crippen molar-refractivity contribution >= 4 is 11.8 Å². The van der Waals surface area contributed by atoms with Crippen molar-refractivity contribution in [2.45, 2.75) is 0 Å². The van der Waals surface area contributed by atoms with Gasteiger partial charge in [0, 0.05) is 5.41 Å². The molecule has 0 amide bonds. The van der Waals surface area contributed by atoms with Crippen molar-refractivity contribution in [2.75, 3.05) is 13.0 Å². The molecule has 3 heteroatoms. The lowest BCUT2D eigenvalue weighted by Crippen LogP contribution is -1.97. The summed E-state index contributed by atoms with van der Waals surface area (Å²) in [7, 11) is 1.63. The topological polar surface area (TPSA) is 23.3 Å². The summed E-state index contributed by atoms with van der Waals surface area (Å²) in [6, 6.07) is 0. The van der Waals surface area contributed by atoms with Crippen LogP contribution in [0.5, 0.6) is 0 Å². The molecular weight excluding hydrogens is 110 g/mol. The highest BCUT2D eigenvalue weighted by atomic mass is 32.2. The first-order valence-electron chi connectivity index (χ1n) is 1.97. The molecule has 2 nitrogen and oxygen atoms in total. The van der Waals surface area contributed by atoms with E-state index in [1.165, 1.54) is 0 Å². The monoisotopic (exact) mass is 116 g/mol. The molecule has 1 aliphatic rings. The van der Waals surface area contributed by atoms with E-state index in [1.54, 1.807) is 18.9 Å². The summed E-state index contributed by atoms with van der Waals surface area (Å²) in [4.78, 5) is 0. The van der Waals surface area contributed by atoms with Gasteiger partial charge in [-0.1, -0.05) is 0 Å². The fourth-order valence-corrected chi connectivity index (χ4v) is 0.949. The van der Waals surface area contributed by atoms with Crippen LogP contribution in [0.2, 0.25) is 0 Å². The Morgan fingerprint density at radius 3 is 3.14 bits per heavy atom. The highest BCUT2D eigenvalue weighted by molar-refractivity contribution is 8.02. The van der Waals surface area contributed by atoms with E-state index in [0.717, 1.165) is 11.8 Å². The summed E-state index contributed by atoms with van der Waals surface area (Å²) in [5.74, 6) is 1.58. The number of ether oxygens (including phenoxy) is 1. The molecule has 0 saturated heterocycles. The van der Waals surface area contributed by atoms with Gasteiger partial charge in [0.25, 0.3) is 0 Å². The normalized spacial score (nSPS) is 18.1. The lowest BCUT2D eigenvalue weighted by molar-refractivity contribution is 0.268. The van der Waals surface area contributed by atoms with Gasteiger partial charge in [0.15, 0.2) is 0 Å². The molecule has 1 radical (unpaired) electrons. The Hall–Kier alpha value is -0.310. The number of hydrogen-bond donors (Lipinski definition) is 0. The second-order valence-electron chi connectivity index (χ2n) is 1.11. The lowest BCUT2D eigenvalue weighted by atomic mass is 10.9. The molecule has 0 aromatic heterocycles. The predicted octanol–water partition coefficient (Wildman–Crippen LogP) is 0.740. The first kappa shape index (κ1) is 4.84. The zero-order valence-electron chi connectivity index (χ0n) is 4.05. The summed E-state index contributed by atoms with van der Waals surface area (Å²) in [5, 5.41) is 5.86. The van der Waals surface area contributed by atoms with E-state index in [9.17, 15) is 0 Å². The van der Waals surface area contributed by atoms with E-state index in [2.05, 4.69) is 5.32 Å². The van der Waals surface area contributed by atoms with Crippen LogP contribution in [0.15, 0.2) is 11.3 Å². The summed E-state index contributed by atoms with van der Waals surface area (Å²) in [6.07, 6.45) is 0. The minimum atomic E-state index is 0.755. The molecule has 0 aromatic rings. The third-order valence-electron chi connectivity index (χ3n) is 0.688. The minimum Gasteiger partial charge on any atom is -0.481 e. The minimum absolute atomic E-state index is 0.755. The quantitative estimate of drug-likeness (QED) is 0.504. The Labute approximate surface area is 46.9 Å². The van der Waals surface area contributed by atoms with E-state index < -0.39 is 0 Å². The second-order valence-corrected chi connectivity index (χ2v) is 1.94. The van der Waals surface area contributed by atoms with Crippen LogP contribution < -0.4 is 5.32 Å². The van der Waals surface area contributed by atoms with Crippen LogP contribution in [-0.4, -0.2) is 13.0 Å². The molecular formula is C4H6NOS. The molecule has 0 aromatic carbocycles. The van der Waals surface area contributed by atoms with Gasteiger partial charge < -0.3 is 4.74 Å². The van der Waals surface area contributed by atoms with Gasteiger partial charge in [0.05, 0.1) is 13.0 Å². The largest absolute Gasteiger partial charge is 0.481 e. The molecule has 0 saturated carbocycles. The molecule has 39 valence electrons. The number of hydrogen-bond acceptors (Lipinski definition) is 2. The van der Waals surface area contributed by atoms with Crippen LogP contribution in [-0.2, 0) is 4.74 Å². The smallest absolute Gasteiger partial charge is 0.215 e. The average Bonchev–Trinajstić information content (AvgIpc) is 2.14. The van der Waals surface area contributed by atoms with Crippen molar-refractivity contribution in [2.24, 2.45) is 0 Å². The summed E-state index contributed by atoms with van der Waals surface area (Å²) < 4.78 is 4.78. The fourth-order valence-electron chi connectivity index (χ4n) is 0.359. The SMILES string of the molecule is COC1=CSC[N]1. The predicted molar refractivity (Wildman–Crippen MR) is 29.7 cm³/mol. The van der Waals surface area contributed by atoms with Crippen molar-refractivity contribution in [1.29, 1.82) is 0 Å². The Balaban J connectivity index is 2.36. The third kappa shape index (κ3) is 1.03. The van der Waals surface area contributed by atoms with Crippen molar-refractivity contribution in [3.05, 3.63) is 11.3 Å². The Kier molecular flexibility index (Phi) is 1.46. The van der Waals surface area contributed by atoms with Crippen LogP contribution in [0.25, 0.3) is 0 Å². The Morgan fingerprint density at radius 1 is 2.00 bits per heavy atom. The molecule has 0 bridgehead atoms. The molecule has 0 N–H and O–H groups in total. The molecule has 1 rings (SSSR count). The zero-order chi connectivity index (χ0) is 5.11. The molecule has 0 unspecified atom stereocenters. The Morgan fingerprint density at radius 2 is 2.86 bits per heavy atom. The summed E-state index contributed by atoms with van der Waals surface area (Å²) in [6.45, 7) is 0. The van der Waals surface area contributed by atoms with Crippen molar-refractivity contribution in [3.8, 4) is 0 Å². The maximum atomic E-state index is 4.78. The molecule has 0 fully saturated rings. The van der Waals surface area contributed by atoms with Gasteiger partial charge in [-0.05, 0) is 0 Å². The number of thioether (sulfide) groups is 1. The molecule has 0 aliphatic carbocycles. The fraction of sp³-hybridized carbons (Fsp3) is 0.500. The first-order chi connectivity index (χ1) is 3.43. The summed E-state index contributed by atoms with van der Waals surface area (Å²) in [5.41, 5.74) is 0. The van der Waals surface area contributed by atoms with Crippen LogP contribution in [0.4, 0.5) is 0 Å².